The van der Waals surface area contributed by atoms with Crippen LogP contribution >= 0.6 is 0 Å². The Labute approximate surface area is 169 Å². The molecule has 1 rings (SSSR count). The maximum absolute atomic E-state index is 11.0. The van der Waals surface area contributed by atoms with Gasteiger partial charge >= 0.3 is 0 Å². The van der Waals surface area contributed by atoms with Crippen LogP contribution in [0.25, 0.3) is 0 Å². The molecule has 1 aliphatic rings. The van der Waals surface area contributed by atoms with Gasteiger partial charge in [-0.1, -0.05) is 103 Å². The molecule has 5 heteroatoms. The Kier molecular flexibility index (Phi) is 14.5. The first kappa shape index (κ1) is 24.9. The second-order valence-electron chi connectivity index (χ2n) is 8.49. The first-order chi connectivity index (χ1) is 13.0. The summed E-state index contributed by atoms with van der Waals surface area (Å²) in [5.74, 6) is 0. The Balaban J connectivity index is 1.71. The lowest BCUT2D eigenvalue weighted by Gasteiger charge is -2.37. The fraction of sp³-hybridized carbons (Fsp3) is 1.00. The first-order valence-electron chi connectivity index (χ1n) is 11.6. The smallest absolute Gasteiger partial charge is 0.264 e. The third-order valence-electron chi connectivity index (χ3n) is 5.56. The largest absolute Gasteiger partial charge is 0.298 e. The molecule has 0 aromatic rings. The minimum absolute atomic E-state index is 0.110. The summed E-state index contributed by atoms with van der Waals surface area (Å²) in [6.45, 7) is 4.91. The fourth-order valence-corrected chi connectivity index (χ4v) is 4.51. The van der Waals surface area contributed by atoms with E-state index >= 15 is 0 Å². The van der Waals surface area contributed by atoms with E-state index in [0.717, 1.165) is 25.9 Å². The van der Waals surface area contributed by atoms with Gasteiger partial charge in [-0.05, 0) is 13.0 Å². The molecular formula is C22H45NO3S. The van der Waals surface area contributed by atoms with Crippen LogP contribution in [0, 0.1) is 0 Å². The van der Waals surface area contributed by atoms with Crippen LogP contribution in [-0.2, 0) is 14.3 Å². The summed E-state index contributed by atoms with van der Waals surface area (Å²) in [5, 5.41) is 0. The molecule has 1 aliphatic heterocycles. The lowest BCUT2D eigenvalue weighted by molar-refractivity contribution is 0.0241. The van der Waals surface area contributed by atoms with E-state index in [2.05, 4.69) is 11.8 Å². The number of rotatable bonds is 19. The average Bonchev–Trinajstić information content (AvgIpc) is 2.57. The van der Waals surface area contributed by atoms with Crippen LogP contribution in [0.3, 0.4) is 0 Å². The molecule has 0 saturated carbocycles. The van der Waals surface area contributed by atoms with Crippen LogP contribution < -0.4 is 0 Å². The molecule has 0 amide bonds. The summed E-state index contributed by atoms with van der Waals surface area (Å²) in [6, 6.07) is 0. The third-order valence-corrected chi connectivity index (χ3v) is 6.18. The maximum Gasteiger partial charge on any atom is 0.264 e. The van der Waals surface area contributed by atoms with Gasteiger partial charge in [0.1, 0.15) is 6.10 Å². The zero-order valence-corrected chi connectivity index (χ0v) is 18.9. The molecule has 0 atom stereocenters. The van der Waals surface area contributed by atoms with E-state index in [-0.39, 0.29) is 6.10 Å². The van der Waals surface area contributed by atoms with Crippen molar-refractivity contribution in [3.05, 3.63) is 0 Å². The number of nitrogens with zero attached hydrogens (tertiary/aromatic N) is 1. The standard InChI is InChI=1S/C22H45NO3S/c1-3-4-5-6-7-8-9-10-11-12-13-14-15-16-17-18-19-23-20-22(21-23)26-27(2,24)25/h22H,3-21H2,1-2H3. The molecule has 1 fully saturated rings. The summed E-state index contributed by atoms with van der Waals surface area (Å²) < 4.78 is 27.0. The van der Waals surface area contributed by atoms with E-state index < -0.39 is 10.1 Å². The van der Waals surface area contributed by atoms with Gasteiger partial charge in [0, 0.05) is 13.1 Å². The van der Waals surface area contributed by atoms with E-state index in [1.807, 2.05) is 0 Å². The second kappa shape index (κ2) is 15.8. The summed E-state index contributed by atoms with van der Waals surface area (Å²) in [7, 11) is -3.29. The highest BCUT2D eigenvalue weighted by Gasteiger charge is 2.29. The van der Waals surface area contributed by atoms with Crippen LogP contribution in [0.4, 0.5) is 0 Å². The summed E-state index contributed by atoms with van der Waals surface area (Å²) in [6.07, 6.45) is 23.3. The molecule has 1 saturated heterocycles. The van der Waals surface area contributed by atoms with E-state index in [4.69, 9.17) is 4.18 Å². The molecule has 0 bridgehead atoms. The molecule has 0 aromatic heterocycles. The van der Waals surface area contributed by atoms with Crippen LogP contribution in [0.1, 0.15) is 110 Å². The predicted molar refractivity (Wildman–Crippen MR) is 116 cm³/mol. The zero-order chi connectivity index (χ0) is 19.8. The lowest BCUT2D eigenvalue weighted by atomic mass is 10.0. The Morgan fingerprint density at radius 3 is 1.44 bits per heavy atom. The molecule has 0 unspecified atom stereocenters. The Hall–Kier alpha value is -0.130. The molecule has 0 N–H and O–H groups in total. The van der Waals surface area contributed by atoms with Crippen LogP contribution in [0.5, 0.6) is 0 Å². The molecule has 27 heavy (non-hydrogen) atoms. The van der Waals surface area contributed by atoms with E-state index in [1.54, 1.807) is 0 Å². The zero-order valence-electron chi connectivity index (χ0n) is 18.1. The van der Waals surface area contributed by atoms with Crippen LogP contribution in [-0.4, -0.2) is 45.3 Å². The molecule has 0 radical (unpaired) electrons. The SMILES string of the molecule is CCCCCCCCCCCCCCCCCCN1CC(OS(C)(=O)=O)C1. The second-order valence-corrected chi connectivity index (χ2v) is 10.1. The van der Waals surface area contributed by atoms with Crippen molar-refractivity contribution in [2.75, 3.05) is 25.9 Å². The van der Waals surface area contributed by atoms with Gasteiger partial charge < -0.3 is 0 Å². The highest BCUT2D eigenvalue weighted by molar-refractivity contribution is 7.86. The Morgan fingerprint density at radius 2 is 1.07 bits per heavy atom. The Bertz CT molecular complexity index is 433. The molecule has 0 spiro atoms. The van der Waals surface area contributed by atoms with Gasteiger partial charge in [0.2, 0.25) is 0 Å². The highest BCUT2D eigenvalue weighted by atomic mass is 32.2. The number of hydrogen-bond donors (Lipinski definition) is 0. The van der Waals surface area contributed by atoms with Crippen LogP contribution in [0.15, 0.2) is 0 Å². The predicted octanol–water partition coefficient (Wildman–Crippen LogP) is 5.91. The van der Waals surface area contributed by atoms with Gasteiger partial charge in [-0.2, -0.15) is 8.42 Å². The van der Waals surface area contributed by atoms with E-state index in [0.29, 0.717) is 0 Å². The van der Waals surface area contributed by atoms with Crippen molar-refractivity contribution in [2.45, 2.75) is 116 Å². The van der Waals surface area contributed by atoms with Crippen molar-refractivity contribution < 1.29 is 12.6 Å². The average molecular weight is 404 g/mol. The highest BCUT2D eigenvalue weighted by Crippen LogP contribution is 2.16. The van der Waals surface area contributed by atoms with Gasteiger partial charge in [0.25, 0.3) is 10.1 Å². The van der Waals surface area contributed by atoms with Gasteiger partial charge in [-0.3, -0.25) is 9.08 Å². The number of hydrogen-bond acceptors (Lipinski definition) is 4. The minimum Gasteiger partial charge on any atom is -0.298 e. The third kappa shape index (κ3) is 15.5. The van der Waals surface area contributed by atoms with Crippen molar-refractivity contribution in [1.29, 1.82) is 0 Å². The molecule has 1 heterocycles. The molecule has 4 nitrogen and oxygen atoms in total. The van der Waals surface area contributed by atoms with Gasteiger partial charge in [-0.15, -0.1) is 0 Å². The van der Waals surface area contributed by atoms with Gasteiger partial charge in [0.15, 0.2) is 0 Å². The molecular weight excluding hydrogens is 358 g/mol. The topological polar surface area (TPSA) is 46.6 Å². The van der Waals surface area contributed by atoms with Crippen LogP contribution in [0.2, 0.25) is 0 Å². The van der Waals surface area contributed by atoms with E-state index in [1.165, 1.54) is 103 Å². The number of unbranched alkanes of at least 4 members (excludes halogenated alkanes) is 15. The van der Waals surface area contributed by atoms with Crippen molar-refractivity contribution in [1.82, 2.24) is 4.90 Å². The number of likely N-dealkylation sites (tertiary alicyclic amines) is 1. The van der Waals surface area contributed by atoms with Crippen molar-refractivity contribution in [2.24, 2.45) is 0 Å². The summed E-state index contributed by atoms with van der Waals surface area (Å²) in [4.78, 5) is 2.29. The molecule has 162 valence electrons. The van der Waals surface area contributed by atoms with Crippen molar-refractivity contribution >= 4 is 10.1 Å². The lowest BCUT2D eigenvalue weighted by Crippen LogP contribution is -2.52. The maximum atomic E-state index is 11.0. The summed E-state index contributed by atoms with van der Waals surface area (Å²) >= 11 is 0. The quantitative estimate of drug-likeness (QED) is 0.199. The molecule has 0 aromatic carbocycles. The van der Waals surface area contributed by atoms with Crippen molar-refractivity contribution in [3.63, 3.8) is 0 Å². The minimum atomic E-state index is -3.29. The first-order valence-corrected chi connectivity index (χ1v) is 13.4. The normalized spacial score (nSPS) is 15.9. The fourth-order valence-electron chi connectivity index (χ4n) is 3.90. The molecule has 0 aliphatic carbocycles. The summed E-state index contributed by atoms with van der Waals surface area (Å²) in [5.41, 5.74) is 0. The van der Waals surface area contributed by atoms with Gasteiger partial charge in [0.05, 0.1) is 6.26 Å². The van der Waals surface area contributed by atoms with E-state index in [9.17, 15) is 8.42 Å². The monoisotopic (exact) mass is 403 g/mol. The van der Waals surface area contributed by atoms with Crippen molar-refractivity contribution in [3.8, 4) is 0 Å². The Morgan fingerprint density at radius 1 is 0.704 bits per heavy atom. The van der Waals surface area contributed by atoms with Gasteiger partial charge in [-0.25, -0.2) is 0 Å².